The van der Waals surface area contributed by atoms with Crippen molar-refractivity contribution in [1.82, 2.24) is 0 Å². The molecule has 0 aromatic carbocycles. The lowest BCUT2D eigenvalue weighted by Gasteiger charge is -1.87. The molecule has 1 aromatic heterocycles. The third kappa shape index (κ3) is 2.78. The van der Waals surface area contributed by atoms with Gasteiger partial charge in [-0.05, 0) is 32.4 Å². The molecule has 0 nitrogen and oxygen atoms in total. The van der Waals surface area contributed by atoms with Crippen LogP contribution in [-0.2, 0) is 6.42 Å². The zero-order chi connectivity index (χ0) is 8.10. The fourth-order valence-corrected chi connectivity index (χ4v) is 1.82. The molecule has 0 amide bonds. The SMILES string of the molecule is CC#CCCc1ccc(C)s1. The molecule has 0 saturated carbocycles. The summed E-state index contributed by atoms with van der Waals surface area (Å²) < 4.78 is 0. The van der Waals surface area contributed by atoms with Gasteiger partial charge in [-0.3, -0.25) is 0 Å². The van der Waals surface area contributed by atoms with Crippen LogP contribution in [0.2, 0.25) is 0 Å². The molecule has 1 aromatic rings. The van der Waals surface area contributed by atoms with Gasteiger partial charge in [0.2, 0.25) is 0 Å². The Labute approximate surface area is 72.3 Å². The molecule has 0 unspecified atom stereocenters. The van der Waals surface area contributed by atoms with Crippen LogP contribution in [-0.4, -0.2) is 0 Å². The molecule has 0 spiro atoms. The van der Waals surface area contributed by atoms with E-state index in [4.69, 9.17) is 0 Å². The maximum Gasteiger partial charge on any atom is 0.0137 e. The molecule has 1 heteroatoms. The second kappa shape index (κ2) is 4.20. The van der Waals surface area contributed by atoms with Crippen molar-refractivity contribution in [2.45, 2.75) is 26.7 Å². The molecule has 1 heterocycles. The average molecular weight is 164 g/mol. The molecule has 0 fully saturated rings. The Morgan fingerprint density at radius 3 is 2.82 bits per heavy atom. The first-order valence-electron chi connectivity index (χ1n) is 3.78. The molecule has 0 bridgehead atoms. The van der Waals surface area contributed by atoms with Crippen LogP contribution in [0.1, 0.15) is 23.1 Å². The maximum absolute atomic E-state index is 3.06. The highest BCUT2D eigenvalue weighted by atomic mass is 32.1. The minimum Gasteiger partial charge on any atom is -0.146 e. The Hall–Kier alpha value is -0.740. The number of rotatable bonds is 2. The number of thiophene rings is 1. The normalized spacial score (nSPS) is 8.91. The molecule has 58 valence electrons. The van der Waals surface area contributed by atoms with Crippen LogP contribution in [0.3, 0.4) is 0 Å². The lowest BCUT2D eigenvalue weighted by Crippen LogP contribution is -1.74. The largest absolute Gasteiger partial charge is 0.146 e. The highest BCUT2D eigenvalue weighted by Gasteiger charge is 1.93. The summed E-state index contributed by atoms with van der Waals surface area (Å²) in [6.07, 6.45) is 2.11. The lowest BCUT2D eigenvalue weighted by atomic mass is 10.3. The topological polar surface area (TPSA) is 0 Å². The van der Waals surface area contributed by atoms with E-state index in [2.05, 4.69) is 30.9 Å². The van der Waals surface area contributed by atoms with Crippen LogP contribution >= 0.6 is 11.3 Å². The Bertz CT molecular complexity index is 273. The molecule has 0 aliphatic heterocycles. The first kappa shape index (κ1) is 8.36. The monoisotopic (exact) mass is 164 g/mol. The minimum atomic E-state index is 0.996. The quantitative estimate of drug-likeness (QED) is 0.589. The van der Waals surface area contributed by atoms with E-state index in [0.717, 1.165) is 12.8 Å². The average Bonchev–Trinajstić information content (AvgIpc) is 2.37. The maximum atomic E-state index is 3.06. The Balaban J connectivity index is 2.43. The van der Waals surface area contributed by atoms with Gasteiger partial charge in [0.15, 0.2) is 0 Å². The minimum absolute atomic E-state index is 0.996. The predicted molar refractivity (Wildman–Crippen MR) is 50.8 cm³/mol. The van der Waals surface area contributed by atoms with Gasteiger partial charge in [0.1, 0.15) is 0 Å². The standard InChI is InChI=1S/C10H12S/c1-3-4-5-6-10-8-7-9(2)11-10/h7-8H,5-6H2,1-2H3. The van der Waals surface area contributed by atoms with Gasteiger partial charge in [0.25, 0.3) is 0 Å². The van der Waals surface area contributed by atoms with Gasteiger partial charge < -0.3 is 0 Å². The summed E-state index contributed by atoms with van der Waals surface area (Å²) in [4.78, 5) is 2.84. The third-order valence-corrected chi connectivity index (χ3v) is 2.53. The van der Waals surface area contributed by atoms with Crippen molar-refractivity contribution in [3.63, 3.8) is 0 Å². The first-order valence-corrected chi connectivity index (χ1v) is 4.59. The van der Waals surface area contributed by atoms with E-state index in [1.54, 1.807) is 0 Å². The fourth-order valence-electron chi connectivity index (χ4n) is 0.930. The smallest absolute Gasteiger partial charge is 0.0137 e. The van der Waals surface area contributed by atoms with Crippen LogP contribution in [0.15, 0.2) is 12.1 Å². The summed E-state index contributed by atoms with van der Waals surface area (Å²) >= 11 is 1.87. The van der Waals surface area contributed by atoms with Gasteiger partial charge in [0, 0.05) is 16.2 Å². The summed E-state index contributed by atoms with van der Waals surface area (Å²) in [5, 5.41) is 0. The van der Waals surface area contributed by atoms with Crippen LogP contribution < -0.4 is 0 Å². The highest BCUT2D eigenvalue weighted by Crippen LogP contribution is 2.16. The molecule has 0 saturated heterocycles. The van der Waals surface area contributed by atoms with Crippen molar-refractivity contribution >= 4 is 11.3 Å². The van der Waals surface area contributed by atoms with Gasteiger partial charge >= 0.3 is 0 Å². The second-order valence-corrected chi connectivity index (χ2v) is 3.81. The van der Waals surface area contributed by atoms with Crippen molar-refractivity contribution in [2.75, 3.05) is 0 Å². The molecule has 0 atom stereocenters. The molecule has 11 heavy (non-hydrogen) atoms. The van der Waals surface area contributed by atoms with Crippen molar-refractivity contribution in [3.8, 4) is 11.8 Å². The number of hydrogen-bond donors (Lipinski definition) is 0. The Morgan fingerprint density at radius 1 is 1.45 bits per heavy atom. The molecule has 0 N–H and O–H groups in total. The zero-order valence-corrected chi connectivity index (χ0v) is 7.79. The number of hydrogen-bond acceptors (Lipinski definition) is 1. The molecule has 0 aliphatic carbocycles. The summed E-state index contributed by atoms with van der Waals surface area (Å²) in [5.41, 5.74) is 0. The predicted octanol–water partition coefficient (Wildman–Crippen LogP) is 3.01. The van der Waals surface area contributed by atoms with E-state index in [9.17, 15) is 0 Å². The lowest BCUT2D eigenvalue weighted by molar-refractivity contribution is 1.06. The van der Waals surface area contributed by atoms with E-state index in [0.29, 0.717) is 0 Å². The van der Waals surface area contributed by atoms with E-state index < -0.39 is 0 Å². The van der Waals surface area contributed by atoms with Gasteiger partial charge in [-0.25, -0.2) is 0 Å². The van der Waals surface area contributed by atoms with Crippen molar-refractivity contribution in [1.29, 1.82) is 0 Å². The fraction of sp³-hybridized carbons (Fsp3) is 0.400. The highest BCUT2D eigenvalue weighted by molar-refractivity contribution is 7.11. The summed E-state index contributed by atoms with van der Waals surface area (Å²) in [6, 6.07) is 4.36. The summed E-state index contributed by atoms with van der Waals surface area (Å²) in [7, 11) is 0. The van der Waals surface area contributed by atoms with E-state index in [-0.39, 0.29) is 0 Å². The van der Waals surface area contributed by atoms with Crippen molar-refractivity contribution < 1.29 is 0 Å². The van der Waals surface area contributed by atoms with Crippen LogP contribution in [0.5, 0.6) is 0 Å². The molecular formula is C10H12S. The van der Waals surface area contributed by atoms with Crippen LogP contribution in [0, 0.1) is 18.8 Å². The molecular weight excluding hydrogens is 152 g/mol. The molecule has 1 rings (SSSR count). The third-order valence-electron chi connectivity index (χ3n) is 1.47. The molecule has 0 radical (unpaired) electrons. The molecule has 0 aliphatic rings. The summed E-state index contributed by atoms with van der Waals surface area (Å²) in [6.45, 7) is 4.03. The van der Waals surface area contributed by atoms with E-state index in [1.165, 1.54) is 9.75 Å². The van der Waals surface area contributed by atoms with Crippen LogP contribution in [0.25, 0.3) is 0 Å². The zero-order valence-electron chi connectivity index (χ0n) is 6.98. The van der Waals surface area contributed by atoms with Gasteiger partial charge in [-0.15, -0.1) is 23.2 Å². The second-order valence-electron chi connectivity index (χ2n) is 2.44. The first-order chi connectivity index (χ1) is 5.33. The summed E-state index contributed by atoms with van der Waals surface area (Å²) in [5.74, 6) is 5.96. The van der Waals surface area contributed by atoms with Crippen molar-refractivity contribution in [3.05, 3.63) is 21.9 Å². The van der Waals surface area contributed by atoms with E-state index >= 15 is 0 Å². The van der Waals surface area contributed by atoms with E-state index in [1.807, 2.05) is 18.3 Å². The van der Waals surface area contributed by atoms with Crippen molar-refractivity contribution in [2.24, 2.45) is 0 Å². The Morgan fingerprint density at radius 2 is 2.27 bits per heavy atom. The Kier molecular flexibility index (Phi) is 3.19. The van der Waals surface area contributed by atoms with Gasteiger partial charge in [-0.2, -0.15) is 0 Å². The number of aryl methyl sites for hydroxylation is 2. The van der Waals surface area contributed by atoms with Gasteiger partial charge in [0.05, 0.1) is 0 Å². The van der Waals surface area contributed by atoms with Crippen LogP contribution in [0.4, 0.5) is 0 Å². The van der Waals surface area contributed by atoms with Gasteiger partial charge in [-0.1, -0.05) is 0 Å².